The molecule has 1 aromatic heterocycles. The third-order valence-corrected chi connectivity index (χ3v) is 7.06. The van der Waals surface area contributed by atoms with Gasteiger partial charge in [-0.25, -0.2) is 0 Å². The number of hydrogen-bond acceptors (Lipinski definition) is 9. The second-order valence-corrected chi connectivity index (χ2v) is 9.64. The Bertz CT molecular complexity index is 1340. The summed E-state index contributed by atoms with van der Waals surface area (Å²) in [5.41, 5.74) is 12.6. The summed E-state index contributed by atoms with van der Waals surface area (Å²) in [7, 11) is 1.45. The maximum absolute atomic E-state index is 14.2. The molecular formula is C26H29N5O6S. The number of nitrogens with zero attached hydrogens (tertiary/aromatic N) is 2. The topological polar surface area (TPSA) is 170 Å². The van der Waals surface area contributed by atoms with Gasteiger partial charge >= 0.3 is 0 Å². The number of carbonyl (C=O) groups excluding carboxylic acids is 3. The van der Waals surface area contributed by atoms with Gasteiger partial charge in [0, 0.05) is 13.2 Å². The molecule has 12 heteroatoms. The molecule has 0 radical (unpaired) electrons. The molecule has 6 N–H and O–H groups in total. The van der Waals surface area contributed by atoms with Crippen molar-refractivity contribution in [3.05, 3.63) is 64.2 Å². The first-order chi connectivity index (χ1) is 18.2. The highest BCUT2D eigenvalue weighted by Gasteiger charge is 2.37. The summed E-state index contributed by atoms with van der Waals surface area (Å²) in [6.07, 6.45) is 1.58. The van der Waals surface area contributed by atoms with Gasteiger partial charge < -0.3 is 31.4 Å². The fourth-order valence-electron chi connectivity index (χ4n) is 4.28. The van der Waals surface area contributed by atoms with Crippen molar-refractivity contribution >= 4 is 40.6 Å². The lowest BCUT2D eigenvalue weighted by atomic mass is 10.0. The van der Waals surface area contributed by atoms with Crippen LogP contribution in [0.3, 0.4) is 0 Å². The maximum atomic E-state index is 14.2. The number of aryl methyl sites for hydroxylation is 1. The number of rotatable bonds is 9. The van der Waals surface area contributed by atoms with E-state index in [0.29, 0.717) is 35.1 Å². The van der Waals surface area contributed by atoms with Crippen LogP contribution in [0, 0.1) is 6.92 Å². The van der Waals surface area contributed by atoms with Crippen LogP contribution < -0.4 is 26.4 Å². The van der Waals surface area contributed by atoms with Crippen molar-refractivity contribution in [2.45, 2.75) is 31.9 Å². The van der Waals surface area contributed by atoms with E-state index >= 15 is 0 Å². The highest BCUT2D eigenvalue weighted by molar-refractivity contribution is 7.09. The van der Waals surface area contributed by atoms with Crippen molar-refractivity contribution in [2.24, 2.45) is 5.73 Å². The van der Waals surface area contributed by atoms with Crippen LogP contribution in [0.5, 0.6) is 11.5 Å². The molecule has 200 valence electrons. The summed E-state index contributed by atoms with van der Waals surface area (Å²) < 4.78 is 15.2. The number of aromatic nitrogens is 1. The van der Waals surface area contributed by atoms with Gasteiger partial charge in [0.2, 0.25) is 5.91 Å². The quantitative estimate of drug-likeness (QED) is 0.321. The van der Waals surface area contributed by atoms with E-state index in [1.807, 2.05) is 13.0 Å². The molecule has 38 heavy (non-hydrogen) atoms. The first-order valence-electron chi connectivity index (χ1n) is 11.9. The number of phenolic OH excluding ortho intramolecular Hbond substituents is 1. The zero-order chi connectivity index (χ0) is 27.4. The second kappa shape index (κ2) is 11.5. The average Bonchev–Trinajstić information content (AvgIpc) is 3.56. The summed E-state index contributed by atoms with van der Waals surface area (Å²) in [5.74, 6) is -1.71. The van der Waals surface area contributed by atoms with E-state index < -0.39 is 23.8 Å². The van der Waals surface area contributed by atoms with Crippen LogP contribution in [0.1, 0.15) is 50.2 Å². The number of benzene rings is 2. The number of anilines is 2. The molecule has 1 saturated heterocycles. The van der Waals surface area contributed by atoms with Crippen molar-refractivity contribution in [1.29, 1.82) is 0 Å². The lowest BCUT2D eigenvalue weighted by Gasteiger charge is -2.32. The van der Waals surface area contributed by atoms with E-state index in [-0.39, 0.29) is 34.7 Å². The third-order valence-electron chi connectivity index (χ3n) is 6.21. The molecular weight excluding hydrogens is 510 g/mol. The van der Waals surface area contributed by atoms with Crippen LogP contribution in [0.25, 0.3) is 0 Å². The van der Waals surface area contributed by atoms with Crippen LogP contribution in [0.2, 0.25) is 0 Å². The molecule has 11 nitrogen and oxygen atoms in total. The first kappa shape index (κ1) is 26.9. The Hall–Kier alpha value is -4.16. The molecule has 2 heterocycles. The fourth-order valence-corrected chi connectivity index (χ4v) is 5.03. The zero-order valence-corrected chi connectivity index (χ0v) is 21.8. The SMILES string of the molecule is COc1ccc(C)cc1N(C(=O)c1snc(C(N)=O)c1N)C(C(=O)NCC1CCCO1)c1ccc(O)cc1. The van der Waals surface area contributed by atoms with Crippen molar-refractivity contribution in [1.82, 2.24) is 9.69 Å². The number of methoxy groups -OCH3 is 1. The molecule has 2 aromatic carbocycles. The van der Waals surface area contributed by atoms with Gasteiger partial charge in [0.1, 0.15) is 22.4 Å². The number of nitrogen functional groups attached to an aromatic ring is 1. The minimum atomic E-state index is -1.21. The van der Waals surface area contributed by atoms with Crippen molar-refractivity contribution < 1.29 is 29.0 Å². The van der Waals surface area contributed by atoms with Crippen molar-refractivity contribution in [3.8, 4) is 11.5 Å². The van der Waals surface area contributed by atoms with Crippen molar-refractivity contribution in [2.75, 3.05) is 30.9 Å². The van der Waals surface area contributed by atoms with E-state index in [0.717, 1.165) is 18.4 Å². The molecule has 0 bridgehead atoms. The Morgan fingerprint density at radius 3 is 2.61 bits per heavy atom. The number of nitrogens with two attached hydrogens (primary N) is 2. The summed E-state index contributed by atoms with van der Waals surface area (Å²) in [6.45, 7) is 2.72. The van der Waals surface area contributed by atoms with Gasteiger partial charge in [0.05, 0.1) is 24.6 Å². The normalized spacial score (nSPS) is 15.6. The predicted octanol–water partition coefficient (Wildman–Crippen LogP) is 2.53. The van der Waals surface area contributed by atoms with Gasteiger partial charge in [-0.1, -0.05) is 18.2 Å². The number of primary amides is 1. The Balaban J connectivity index is 1.87. The molecule has 0 aliphatic carbocycles. The lowest BCUT2D eigenvalue weighted by Crippen LogP contribution is -2.45. The molecule has 1 aliphatic heterocycles. The Labute approximate surface area is 223 Å². The fraction of sp³-hybridized carbons (Fsp3) is 0.308. The van der Waals surface area contributed by atoms with Crippen molar-refractivity contribution in [3.63, 3.8) is 0 Å². The monoisotopic (exact) mass is 539 g/mol. The molecule has 2 atom stereocenters. The smallest absolute Gasteiger partial charge is 0.273 e. The molecule has 0 spiro atoms. The summed E-state index contributed by atoms with van der Waals surface area (Å²) in [4.78, 5) is 41.0. The van der Waals surface area contributed by atoms with E-state index in [9.17, 15) is 19.5 Å². The molecule has 1 aliphatic rings. The van der Waals surface area contributed by atoms with E-state index in [4.69, 9.17) is 20.9 Å². The number of carbonyl (C=O) groups is 3. The van der Waals surface area contributed by atoms with Crippen LogP contribution in [0.15, 0.2) is 42.5 Å². The summed E-state index contributed by atoms with van der Waals surface area (Å²) in [6, 6.07) is 9.97. The van der Waals surface area contributed by atoms with Crippen LogP contribution in [-0.4, -0.2) is 53.6 Å². The van der Waals surface area contributed by atoms with Gasteiger partial charge in [-0.2, -0.15) is 4.37 Å². The minimum absolute atomic E-state index is 0.00363. The maximum Gasteiger partial charge on any atom is 0.273 e. The van der Waals surface area contributed by atoms with Gasteiger partial charge in [-0.15, -0.1) is 0 Å². The third kappa shape index (κ3) is 5.55. The van der Waals surface area contributed by atoms with Crippen LogP contribution >= 0.6 is 11.5 Å². The van der Waals surface area contributed by atoms with Crippen LogP contribution in [0.4, 0.5) is 11.4 Å². The molecule has 3 amide bonds. The van der Waals surface area contributed by atoms with E-state index in [2.05, 4.69) is 9.69 Å². The highest BCUT2D eigenvalue weighted by Crippen LogP contribution is 2.39. The number of hydrogen-bond donors (Lipinski definition) is 4. The predicted molar refractivity (Wildman–Crippen MR) is 142 cm³/mol. The average molecular weight is 540 g/mol. The molecule has 4 rings (SSSR count). The molecule has 2 unspecified atom stereocenters. The summed E-state index contributed by atoms with van der Waals surface area (Å²) in [5, 5.41) is 12.8. The number of phenols is 1. The molecule has 3 aromatic rings. The van der Waals surface area contributed by atoms with Crippen LogP contribution in [-0.2, 0) is 9.53 Å². The van der Waals surface area contributed by atoms with Gasteiger partial charge in [0.25, 0.3) is 11.8 Å². The van der Waals surface area contributed by atoms with E-state index in [1.54, 1.807) is 24.3 Å². The second-order valence-electron chi connectivity index (χ2n) is 8.86. The zero-order valence-electron chi connectivity index (χ0n) is 21.0. The Kier molecular flexibility index (Phi) is 8.13. The highest BCUT2D eigenvalue weighted by atomic mass is 32.1. The minimum Gasteiger partial charge on any atom is -0.508 e. The number of aromatic hydroxyl groups is 1. The lowest BCUT2D eigenvalue weighted by molar-refractivity contribution is -0.123. The standard InChI is InChI=1S/C26H29N5O6S/c1-14-5-10-19(36-2)18(12-14)31(26(35)23-20(27)21(24(28)33)30-38-23)22(15-6-8-16(32)9-7-15)25(34)29-13-17-4-3-11-37-17/h5-10,12,17,22,32H,3-4,11,13,27H2,1-2H3,(H2,28,33)(H,29,34). The Morgan fingerprint density at radius 2 is 2.00 bits per heavy atom. The Morgan fingerprint density at radius 1 is 1.26 bits per heavy atom. The first-order valence-corrected chi connectivity index (χ1v) is 12.7. The number of nitrogens with one attached hydrogen (secondary N) is 1. The van der Waals surface area contributed by atoms with Gasteiger partial charge in [0.15, 0.2) is 5.69 Å². The van der Waals surface area contributed by atoms with E-state index in [1.165, 1.54) is 24.1 Å². The summed E-state index contributed by atoms with van der Waals surface area (Å²) >= 11 is 0.714. The van der Waals surface area contributed by atoms with Gasteiger partial charge in [-0.3, -0.25) is 19.3 Å². The molecule has 1 fully saturated rings. The molecule has 0 saturated carbocycles. The number of ether oxygens (including phenoxy) is 2. The largest absolute Gasteiger partial charge is 0.508 e. The van der Waals surface area contributed by atoms with Gasteiger partial charge in [-0.05, 0) is 66.7 Å². The number of amides is 3.